The molecule has 7 nitrogen and oxygen atoms in total. The Balaban J connectivity index is 2.90. The number of hydrogen-bond donors (Lipinski definition) is 2. The minimum atomic E-state index is -1.57. The Kier molecular flexibility index (Phi) is 4.59. The first-order chi connectivity index (χ1) is 8.01. The summed E-state index contributed by atoms with van der Waals surface area (Å²) in [5.41, 5.74) is -1.57. The standard InChI is InChI=1S/C10H18N4O3/c1-3-13(4-2)7-10(15,8-14(16)17)9-11-5-6-12-9/h5-6,15H,3-4,7-8H2,1-2H3,(H,11,12). The van der Waals surface area contributed by atoms with Crippen molar-refractivity contribution in [1.29, 1.82) is 0 Å². The number of nitro groups is 1. The van der Waals surface area contributed by atoms with E-state index in [2.05, 4.69) is 9.97 Å². The van der Waals surface area contributed by atoms with E-state index in [0.29, 0.717) is 0 Å². The van der Waals surface area contributed by atoms with Crippen LogP contribution in [0, 0.1) is 10.1 Å². The van der Waals surface area contributed by atoms with Crippen LogP contribution in [0.25, 0.3) is 0 Å². The van der Waals surface area contributed by atoms with Gasteiger partial charge in [0, 0.05) is 23.9 Å². The molecule has 0 aromatic carbocycles. The lowest BCUT2D eigenvalue weighted by Crippen LogP contribution is -2.46. The normalized spacial score (nSPS) is 14.8. The number of aromatic nitrogens is 2. The van der Waals surface area contributed by atoms with Crippen molar-refractivity contribution >= 4 is 0 Å². The van der Waals surface area contributed by atoms with Crippen LogP contribution >= 0.6 is 0 Å². The van der Waals surface area contributed by atoms with Gasteiger partial charge in [0.2, 0.25) is 6.54 Å². The van der Waals surface area contributed by atoms with E-state index in [1.807, 2.05) is 18.7 Å². The first kappa shape index (κ1) is 13.6. The third-order valence-corrected chi connectivity index (χ3v) is 2.71. The van der Waals surface area contributed by atoms with E-state index >= 15 is 0 Å². The van der Waals surface area contributed by atoms with Gasteiger partial charge in [-0.05, 0) is 13.1 Å². The highest BCUT2D eigenvalue weighted by Crippen LogP contribution is 2.19. The molecule has 0 saturated carbocycles. The number of aliphatic hydroxyl groups is 1. The molecule has 0 aliphatic carbocycles. The zero-order chi connectivity index (χ0) is 12.9. The smallest absolute Gasteiger partial charge is 0.240 e. The summed E-state index contributed by atoms with van der Waals surface area (Å²) in [6.07, 6.45) is 3.02. The average Bonchev–Trinajstić information content (AvgIpc) is 2.79. The summed E-state index contributed by atoms with van der Waals surface area (Å²) < 4.78 is 0. The van der Waals surface area contributed by atoms with Gasteiger partial charge in [-0.1, -0.05) is 13.8 Å². The Labute approximate surface area is 99.6 Å². The van der Waals surface area contributed by atoms with E-state index in [1.165, 1.54) is 6.20 Å². The summed E-state index contributed by atoms with van der Waals surface area (Å²) in [5.74, 6) is 0.237. The van der Waals surface area contributed by atoms with Gasteiger partial charge in [-0.2, -0.15) is 0 Å². The van der Waals surface area contributed by atoms with Gasteiger partial charge in [-0.15, -0.1) is 0 Å². The van der Waals surface area contributed by atoms with E-state index in [1.54, 1.807) is 6.20 Å². The van der Waals surface area contributed by atoms with Crippen molar-refractivity contribution in [2.24, 2.45) is 0 Å². The summed E-state index contributed by atoms with van der Waals surface area (Å²) in [6.45, 7) is 4.95. The molecule has 2 N–H and O–H groups in total. The molecule has 1 aromatic rings. The molecule has 0 bridgehead atoms. The van der Waals surface area contributed by atoms with E-state index < -0.39 is 17.1 Å². The van der Waals surface area contributed by atoms with Crippen molar-refractivity contribution in [3.8, 4) is 0 Å². The van der Waals surface area contributed by atoms with Gasteiger partial charge in [-0.3, -0.25) is 10.1 Å². The molecule has 0 saturated heterocycles. The molecule has 0 fully saturated rings. The molecule has 0 aliphatic heterocycles. The van der Waals surface area contributed by atoms with Crippen LogP contribution in [-0.4, -0.2) is 51.1 Å². The molecule has 17 heavy (non-hydrogen) atoms. The Hall–Kier alpha value is -1.47. The minimum Gasteiger partial charge on any atom is -0.375 e. The third kappa shape index (κ3) is 3.50. The number of hydrogen-bond acceptors (Lipinski definition) is 5. The van der Waals surface area contributed by atoms with Crippen molar-refractivity contribution in [1.82, 2.24) is 14.9 Å². The third-order valence-electron chi connectivity index (χ3n) is 2.71. The number of H-pyrrole nitrogens is 1. The minimum absolute atomic E-state index is 0.189. The fraction of sp³-hybridized carbons (Fsp3) is 0.700. The first-order valence-electron chi connectivity index (χ1n) is 5.58. The Morgan fingerprint density at radius 1 is 1.59 bits per heavy atom. The molecular formula is C10H18N4O3. The maximum absolute atomic E-state index is 10.7. The topological polar surface area (TPSA) is 95.3 Å². The second-order valence-corrected chi connectivity index (χ2v) is 3.92. The van der Waals surface area contributed by atoms with Crippen LogP contribution in [0.2, 0.25) is 0 Å². The number of likely N-dealkylation sites (N-methyl/N-ethyl adjacent to an activating group) is 1. The number of imidazole rings is 1. The summed E-state index contributed by atoms with van der Waals surface area (Å²) in [6, 6.07) is 0. The van der Waals surface area contributed by atoms with Crippen LogP contribution < -0.4 is 0 Å². The number of nitrogens with zero attached hydrogens (tertiary/aromatic N) is 3. The van der Waals surface area contributed by atoms with Gasteiger partial charge in [0.25, 0.3) is 0 Å². The Morgan fingerprint density at radius 3 is 2.65 bits per heavy atom. The van der Waals surface area contributed by atoms with Crippen molar-refractivity contribution in [2.75, 3.05) is 26.2 Å². The van der Waals surface area contributed by atoms with Crippen molar-refractivity contribution in [3.05, 3.63) is 28.3 Å². The summed E-state index contributed by atoms with van der Waals surface area (Å²) in [7, 11) is 0. The van der Waals surface area contributed by atoms with Crippen LogP contribution in [0.15, 0.2) is 12.4 Å². The van der Waals surface area contributed by atoms with Gasteiger partial charge in [0.05, 0.1) is 0 Å². The van der Waals surface area contributed by atoms with Gasteiger partial charge >= 0.3 is 0 Å². The van der Waals surface area contributed by atoms with Crippen LogP contribution in [0.4, 0.5) is 0 Å². The molecule has 0 aliphatic rings. The average molecular weight is 242 g/mol. The van der Waals surface area contributed by atoms with Crippen LogP contribution in [0.3, 0.4) is 0 Å². The Morgan fingerprint density at radius 2 is 2.24 bits per heavy atom. The largest absolute Gasteiger partial charge is 0.375 e. The molecule has 1 atom stereocenters. The maximum atomic E-state index is 10.7. The van der Waals surface area contributed by atoms with Crippen LogP contribution in [0.5, 0.6) is 0 Å². The lowest BCUT2D eigenvalue weighted by Gasteiger charge is -2.28. The molecule has 1 aromatic heterocycles. The Bertz CT molecular complexity index is 350. The number of aromatic amines is 1. The zero-order valence-electron chi connectivity index (χ0n) is 10.1. The molecule has 1 rings (SSSR count). The molecule has 96 valence electrons. The highest BCUT2D eigenvalue weighted by Gasteiger charge is 2.39. The van der Waals surface area contributed by atoms with Crippen LogP contribution in [0.1, 0.15) is 19.7 Å². The zero-order valence-corrected chi connectivity index (χ0v) is 10.1. The molecular weight excluding hydrogens is 224 g/mol. The molecule has 0 amide bonds. The van der Waals surface area contributed by atoms with E-state index in [9.17, 15) is 15.2 Å². The SMILES string of the molecule is CCN(CC)CC(O)(C[N+](=O)[O-])c1ncc[nH]1. The summed E-state index contributed by atoms with van der Waals surface area (Å²) >= 11 is 0. The predicted octanol–water partition coefficient (Wildman–Crippen LogP) is 0.216. The van der Waals surface area contributed by atoms with Gasteiger partial charge < -0.3 is 15.0 Å². The van der Waals surface area contributed by atoms with E-state index in [4.69, 9.17) is 0 Å². The van der Waals surface area contributed by atoms with Crippen LogP contribution in [-0.2, 0) is 5.60 Å². The van der Waals surface area contributed by atoms with Crippen molar-refractivity contribution < 1.29 is 10.0 Å². The van der Waals surface area contributed by atoms with Gasteiger partial charge in [-0.25, -0.2) is 4.98 Å². The maximum Gasteiger partial charge on any atom is 0.240 e. The first-order valence-corrected chi connectivity index (χ1v) is 5.58. The second kappa shape index (κ2) is 5.74. The summed E-state index contributed by atoms with van der Waals surface area (Å²) in [4.78, 5) is 18.7. The van der Waals surface area contributed by atoms with Gasteiger partial charge in [0.15, 0.2) is 5.60 Å². The lowest BCUT2D eigenvalue weighted by molar-refractivity contribution is -0.503. The molecule has 1 unspecified atom stereocenters. The molecule has 7 heteroatoms. The van der Waals surface area contributed by atoms with E-state index in [-0.39, 0.29) is 12.4 Å². The van der Waals surface area contributed by atoms with E-state index in [0.717, 1.165) is 13.1 Å². The highest BCUT2D eigenvalue weighted by atomic mass is 16.6. The molecule has 1 heterocycles. The monoisotopic (exact) mass is 242 g/mol. The second-order valence-electron chi connectivity index (χ2n) is 3.92. The lowest BCUT2D eigenvalue weighted by atomic mass is 10.0. The molecule has 0 spiro atoms. The van der Waals surface area contributed by atoms with Crippen molar-refractivity contribution in [2.45, 2.75) is 19.4 Å². The molecule has 0 radical (unpaired) electrons. The quantitative estimate of drug-likeness (QED) is 0.526. The highest BCUT2D eigenvalue weighted by molar-refractivity contribution is 5.03. The van der Waals surface area contributed by atoms with Crippen molar-refractivity contribution in [3.63, 3.8) is 0 Å². The predicted molar refractivity (Wildman–Crippen MR) is 62.1 cm³/mol. The fourth-order valence-corrected chi connectivity index (χ4v) is 1.75. The number of rotatable bonds is 7. The van der Waals surface area contributed by atoms with Gasteiger partial charge in [0.1, 0.15) is 5.82 Å². The summed E-state index contributed by atoms with van der Waals surface area (Å²) in [5, 5.41) is 21.1. The fourth-order valence-electron chi connectivity index (χ4n) is 1.75. The number of nitrogens with one attached hydrogen (secondary N) is 1.